The number of H-pyrrole nitrogens is 1. The Morgan fingerprint density at radius 1 is 0.719 bits per heavy atom. The number of aliphatic hydroxyl groups is 2. The quantitative estimate of drug-likeness (QED) is 0.0287. The predicted octanol–water partition coefficient (Wildman–Crippen LogP) is 2.82. The van der Waals surface area contributed by atoms with Crippen molar-refractivity contribution >= 4 is 89.4 Å². The van der Waals surface area contributed by atoms with Gasteiger partial charge in [-0.15, -0.1) is 0 Å². The number of nitrogens with two attached hydrogens (primary N) is 1. The first kappa shape index (κ1) is 55.9. The molecule has 0 spiro atoms. The minimum atomic E-state index is -6.10. The van der Waals surface area contributed by atoms with Gasteiger partial charge in [0.2, 0.25) is 4.77 Å². The molecule has 2 saturated heterocycles. The molecule has 360 valence electrons. The lowest BCUT2D eigenvalue weighted by molar-refractivity contribution is -0.222. The Morgan fingerprint density at radius 2 is 1.09 bits per heavy atom. The number of nitrogens with zero attached hydrogens (tertiary/aromatic N) is 9. The zero-order chi connectivity index (χ0) is 49.4. The minimum Gasteiger partial charge on any atom is -0.384 e. The van der Waals surface area contributed by atoms with E-state index in [2.05, 4.69) is 68.5 Å². The molecule has 0 radical (unpaired) electrons. The second kappa shape index (κ2) is 20.1. The average molecular weight is 1110 g/mol. The van der Waals surface area contributed by atoms with E-state index in [1.165, 1.54) is 0 Å². The fourth-order valence-corrected chi connectivity index (χ4v) is 11.5. The number of nitrogen functional groups attached to an aromatic ring is 1. The highest BCUT2D eigenvalue weighted by Crippen LogP contribution is 2.69. The fourth-order valence-electron chi connectivity index (χ4n) is 4.44. The van der Waals surface area contributed by atoms with Crippen LogP contribution in [0.4, 0.5) is 23.4 Å². The van der Waals surface area contributed by atoms with E-state index < -0.39 is 127 Å². The topological polar surface area (TPSA) is 541 Å². The van der Waals surface area contributed by atoms with Gasteiger partial charge in [0.15, 0.2) is 59.2 Å². The summed E-state index contributed by atoms with van der Waals surface area (Å²) in [5, 5.41) is 25.6. The molecule has 0 bridgehead atoms. The van der Waals surface area contributed by atoms with Crippen LogP contribution in [0.1, 0.15) is 12.5 Å². The minimum absolute atomic E-state index is 0.421. The van der Waals surface area contributed by atoms with Crippen LogP contribution in [0.2, 0.25) is 0 Å². The van der Waals surface area contributed by atoms with E-state index in [1.807, 2.05) is 0 Å². The third kappa shape index (κ3) is 14.3. The number of aromatic nitrogens is 4. The lowest BCUT2D eigenvalue weighted by Gasteiger charge is -2.28. The van der Waals surface area contributed by atoms with Crippen LogP contribution in [0.5, 0.6) is 0 Å². The fraction of sp³-hybridized carbons (Fsp3) is 0.500. The molecule has 0 amide bonds. The zero-order valence-electron chi connectivity index (χ0n) is 29.3. The molecule has 2 aromatic heterocycles. The van der Waals surface area contributed by atoms with Crippen molar-refractivity contribution in [2.45, 2.75) is 48.8 Å². The number of alkyl halides is 2. The highest BCUT2D eigenvalue weighted by atomic mass is 32.1. The molecule has 12 atom stereocenters. The molecule has 0 aliphatic carbocycles. The zero-order valence-corrected chi connectivity index (χ0v) is 37.1. The number of aliphatic hydroxyl groups excluding tert-OH is 2. The maximum Gasteiger partial charge on any atom is 0.490 e. The van der Waals surface area contributed by atoms with Crippen LogP contribution in [0.15, 0.2) is 22.6 Å². The van der Waals surface area contributed by atoms with E-state index in [-0.39, 0.29) is 0 Å². The van der Waals surface area contributed by atoms with Crippen LogP contribution < -0.4 is 5.73 Å². The summed E-state index contributed by atoms with van der Waals surface area (Å²) in [5.74, 6) is -10.1. The number of hydrogen-bond acceptors (Lipinski definition) is 23. The van der Waals surface area contributed by atoms with Gasteiger partial charge in [-0.3, -0.25) is 9.13 Å². The first-order chi connectivity index (χ1) is 28.8. The van der Waals surface area contributed by atoms with Crippen molar-refractivity contribution in [3.63, 3.8) is 0 Å². The van der Waals surface area contributed by atoms with Crippen molar-refractivity contribution in [1.82, 2.24) is 19.1 Å². The summed E-state index contributed by atoms with van der Waals surface area (Å²) in [6.07, 6.45) is -14.4. The van der Waals surface area contributed by atoms with Gasteiger partial charge in [0.05, 0.1) is 0 Å². The third-order valence-corrected chi connectivity index (χ3v) is 15.1. The molecule has 4 rings (SSSR count). The highest BCUT2D eigenvalue weighted by molar-refractivity contribution is 7.72. The van der Waals surface area contributed by atoms with Gasteiger partial charge in [0.25, 0.3) is 11.8 Å². The molecule has 2 aliphatic rings. The molecule has 35 nitrogen and oxygen atoms in total. The first-order valence-corrected chi connectivity index (χ1v) is 25.0. The largest absolute Gasteiger partial charge is 0.490 e. The van der Waals surface area contributed by atoms with Crippen LogP contribution in [0.25, 0.3) is 20.9 Å². The number of azide groups is 2. The number of anilines is 1. The number of nitrogens with one attached hydrogen (secondary N) is 1. The molecular weight excluding hydrogens is 1090 g/mol. The smallest absolute Gasteiger partial charge is 0.384 e. The first-order valence-electron chi connectivity index (χ1n) is 14.7. The Hall–Kier alpha value is -2.38. The number of aromatic amines is 1. The molecule has 13 N–H and O–H groups in total. The number of phosphoric ester groups is 2. The lowest BCUT2D eigenvalue weighted by atomic mass is 10.2. The van der Waals surface area contributed by atoms with E-state index in [0.29, 0.717) is 21.5 Å². The molecular formula is C16H21F4N11O24P6S3. The number of halogens is 4. The van der Waals surface area contributed by atoms with Gasteiger partial charge in [-0.05, 0) is 45.7 Å². The van der Waals surface area contributed by atoms with Crippen LogP contribution in [-0.2, 0) is 63.2 Å². The van der Waals surface area contributed by atoms with Gasteiger partial charge in [-0.1, -0.05) is 12.2 Å². The highest BCUT2D eigenvalue weighted by Gasteiger charge is 2.63. The number of ether oxygens (including phenoxy) is 2. The van der Waals surface area contributed by atoms with Crippen LogP contribution in [0.3, 0.4) is 0 Å². The summed E-state index contributed by atoms with van der Waals surface area (Å²) in [6, 6.07) is 0. The summed E-state index contributed by atoms with van der Waals surface area (Å²) in [5.41, 5.74) is 22.5. The molecule has 2 fully saturated rings. The summed E-state index contributed by atoms with van der Waals surface area (Å²) >= 11 is 14.1. The van der Waals surface area contributed by atoms with Gasteiger partial charge in [0, 0.05) is 22.2 Å². The number of rotatable bonds is 16. The average Bonchev–Trinajstić information content (AvgIpc) is 3.44. The van der Waals surface area contributed by atoms with E-state index in [0.717, 1.165) is 0 Å². The summed E-state index contributed by atoms with van der Waals surface area (Å²) in [6.45, 7) is 0. The van der Waals surface area contributed by atoms with Crippen LogP contribution >= 0.6 is 83.6 Å². The van der Waals surface area contributed by atoms with Gasteiger partial charge in [-0.25, -0.2) is 54.0 Å². The monoisotopic (exact) mass is 1110 g/mol. The second-order valence-electron chi connectivity index (χ2n) is 11.1. The lowest BCUT2D eigenvalue weighted by Crippen LogP contribution is -2.42. The van der Waals surface area contributed by atoms with Crippen molar-refractivity contribution in [1.29, 1.82) is 0 Å². The Bertz CT molecular complexity index is 2740. The Kier molecular flexibility index (Phi) is 17.5. The van der Waals surface area contributed by atoms with E-state index >= 15 is 0 Å². The molecule has 0 aromatic carbocycles. The molecule has 6 unspecified atom stereocenters. The van der Waals surface area contributed by atoms with E-state index in [9.17, 15) is 65.0 Å². The van der Waals surface area contributed by atoms with Crippen molar-refractivity contribution in [2.24, 2.45) is 10.2 Å². The van der Waals surface area contributed by atoms with Crippen molar-refractivity contribution in [3.05, 3.63) is 59.1 Å². The van der Waals surface area contributed by atoms with Gasteiger partial charge >= 0.3 is 46.9 Å². The number of phosphoric acid groups is 6. The maximum absolute atomic E-state index is 14.7. The molecule has 0 saturated carbocycles. The summed E-state index contributed by atoms with van der Waals surface area (Å²) < 4.78 is 156. The SMILES string of the molecule is [N-]=[N+]=N[C@]1(OP(=O)(O)OP(=O)(O)OP(=O)(O)O)O[C@@H](n2cc(F)c(=S)[nH]c2=S)C(F)[C@H]1O.[N-]=[N+]=N[C@]1(OP(=O)(O)OP(=O)(O)OP(=O)(O)O)O[C@@H](n2cc(F)c(N)nc2=S)C(F)[C@H]1O. The normalized spacial score (nSPS) is 29.7. The van der Waals surface area contributed by atoms with E-state index in [4.69, 9.17) is 80.1 Å². The molecule has 48 heteroatoms. The number of hydrogen-bond donors (Lipinski definition) is 12. The van der Waals surface area contributed by atoms with E-state index in [1.54, 1.807) is 0 Å². The standard InChI is InChI=1S/C8H11F2N6O12P3S.C8H10F2N5O12P3S2/c9-2-1-16(7(32)13-5(2)11)6-3(10)4(17)8(25-6,14-15-12)26-30(21,22)28-31(23,24)27-29(18,19)20;9-2-1-15(7(32)12-5(2)31)6-3(10)4(16)8(24-6,13-14-11)25-29(20,21)27-30(22,23)26-28(17,18)19/h1,3-4,6,17H,(H,21,22)(H,23,24)(H2,11,13,32)(H2,18,19,20);1,3-4,6,16H,(H,20,21)(H,22,23)(H,12,31,32)(H2,17,18,19)/t2*3?,4-,6-,8+/m11/s1. The molecule has 4 heterocycles. The molecule has 2 aliphatic heterocycles. The van der Waals surface area contributed by atoms with Crippen molar-refractivity contribution < 1.29 is 130 Å². The van der Waals surface area contributed by atoms with Crippen LogP contribution in [-0.4, -0.2) is 105 Å². The van der Waals surface area contributed by atoms with Crippen molar-refractivity contribution in [3.8, 4) is 0 Å². The van der Waals surface area contributed by atoms with Gasteiger partial charge < -0.3 is 69.6 Å². The predicted molar refractivity (Wildman–Crippen MR) is 194 cm³/mol. The molecule has 2 aromatic rings. The van der Waals surface area contributed by atoms with Gasteiger partial charge in [0.1, 0.15) is 4.64 Å². The maximum atomic E-state index is 14.7. The van der Waals surface area contributed by atoms with Crippen LogP contribution in [0, 0.1) is 25.8 Å². The Labute approximate surface area is 361 Å². The second-order valence-corrected chi connectivity index (χ2v) is 21.0. The van der Waals surface area contributed by atoms with Gasteiger partial charge in [-0.2, -0.15) is 22.2 Å². The Morgan fingerprint density at radius 3 is 1.47 bits per heavy atom. The molecule has 64 heavy (non-hydrogen) atoms. The third-order valence-electron chi connectivity index (χ3n) is 6.57. The van der Waals surface area contributed by atoms with Crippen molar-refractivity contribution in [2.75, 3.05) is 5.73 Å². The summed E-state index contributed by atoms with van der Waals surface area (Å²) in [7, 11) is -35.7. The summed E-state index contributed by atoms with van der Waals surface area (Å²) in [4.78, 5) is 81.3. The Balaban J connectivity index is 0.000000340.